The van der Waals surface area contributed by atoms with Gasteiger partial charge in [-0.15, -0.1) is 10.2 Å². The molecule has 0 radical (unpaired) electrons. The van der Waals surface area contributed by atoms with Gasteiger partial charge in [0, 0.05) is 17.8 Å². The second-order valence-electron chi connectivity index (χ2n) is 5.28. The van der Waals surface area contributed by atoms with Crippen LogP contribution < -0.4 is 5.32 Å². The number of aliphatic hydroxyl groups excluding tert-OH is 1. The molecule has 2 aromatic carbocycles. The van der Waals surface area contributed by atoms with Crippen LogP contribution in [-0.2, 0) is 0 Å². The third-order valence-corrected chi connectivity index (χ3v) is 3.64. The van der Waals surface area contributed by atoms with Gasteiger partial charge in [0.15, 0.2) is 0 Å². The predicted molar refractivity (Wildman–Crippen MR) is 85.0 cm³/mol. The molecule has 1 aromatic heterocycles. The number of rotatable bonds is 5. The minimum Gasteiger partial charge on any atom is -0.386 e. The van der Waals surface area contributed by atoms with Gasteiger partial charge in [0.05, 0.1) is 5.56 Å². The van der Waals surface area contributed by atoms with Crippen LogP contribution in [0.4, 0.5) is 8.78 Å². The molecule has 1 unspecified atom stereocenters. The van der Waals surface area contributed by atoms with Crippen molar-refractivity contribution in [1.29, 1.82) is 0 Å². The fourth-order valence-corrected chi connectivity index (χ4v) is 2.34. The first kappa shape index (κ1) is 16.7. The van der Waals surface area contributed by atoms with E-state index >= 15 is 0 Å². The molecule has 1 atom stereocenters. The molecule has 0 spiro atoms. The number of hydrogen-bond donors (Lipinski definition) is 2. The summed E-state index contributed by atoms with van der Waals surface area (Å²) in [6.45, 7) is -0.316. The molecule has 0 aliphatic rings. The van der Waals surface area contributed by atoms with E-state index in [-0.39, 0.29) is 6.54 Å². The quantitative estimate of drug-likeness (QED) is 0.742. The summed E-state index contributed by atoms with van der Waals surface area (Å²) in [5.41, 5.74) is 0.652. The predicted octanol–water partition coefficient (Wildman–Crippen LogP) is 2.01. The maximum absolute atomic E-state index is 13.6. The first-order valence-electron chi connectivity index (χ1n) is 7.41. The van der Waals surface area contributed by atoms with Crippen molar-refractivity contribution in [1.82, 2.24) is 20.1 Å². The summed E-state index contributed by atoms with van der Waals surface area (Å²) in [7, 11) is 0. The Balaban J connectivity index is 1.64. The van der Waals surface area contributed by atoms with E-state index in [4.69, 9.17) is 0 Å². The number of halogens is 2. The van der Waals surface area contributed by atoms with Crippen LogP contribution in [0.25, 0.3) is 5.69 Å². The number of carbonyl (C=O) groups is 1. The number of nitrogens with zero attached hydrogens (tertiary/aromatic N) is 3. The molecule has 0 fully saturated rings. The molecule has 0 saturated heterocycles. The maximum Gasteiger partial charge on any atom is 0.251 e. The minimum atomic E-state index is -1.48. The molecule has 0 saturated carbocycles. The summed E-state index contributed by atoms with van der Waals surface area (Å²) in [6.07, 6.45) is 1.56. The Morgan fingerprint density at radius 3 is 2.28 bits per heavy atom. The van der Waals surface area contributed by atoms with Gasteiger partial charge in [-0.05, 0) is 36.4 Å². The Bertz CT molecular complexity index is 847. The highest BCUT2D eigenvalue weighted by molar-refractivity contribution is 5.94. The van der Waals surface area contributed by atoms with Gasteiger partial charge >= 0.3 is 0 Å². The van der Waals surface area contributed by atoms with Gasteiger partial charge < -0.3 is 10.4 Å². The van der Waals surface area contributed by atoms with E-state index in [2.05, 4.69) is 15.5 Å². The highest BCUT2D eigenvalue weighted by Crippen LogP contribution is 2.20. The highest BCUT2D eigenvalue weighted by Gasteiger charge is 2.18. The van der Waals surface area contributed by atoms with Crippen molar-refractivity contribution < 1.29 is 18.7 Å². The van der Waals surface area contributed by atoms with E-state index in [1.54, 1.807) is 28.8 Å². The fourth-order valence-electron chi connectivity index (χ4n) is 2.34. The van der Waals surface area contributed by atoms with Gasteiger partial charge in [-0.25, -0.2) is 8.78 Å². The van der Waals surface area contributed by atoms with E-state index in [9.17, 15) is 18.7 Å². The average molecular weight is 344 g/mol. The van der Waals surface area contributed by atoms with Gasteiger partial charge in [-0.2, -0.15) is 0 Å². The molecule has 3 aromatic rings. The largest absolute Gasteiger partial charge is 0.386 e. The number of amides is 1. The molecular formula is C17H14F2N4O2. The normalized spacial score (nSPS) is 12.0. The van der Waals surface area contributed by atoms with Gasteiger partial charge in [0.25, 0.3) is 5.91 Å². The summed E-state index contributed by atoms with van der Waals surface area (Å²) >= 11 is 0. The Morgan fingerprint density at radius 1 is 1.08 bits per heavy atom. The molecule has 1 heterocycles. The Morgan fingerprint density at radius 2 is 1.68 bits per heavy atom. The number of aromatic nitrogens is 3. The molecule has 128 valence electrons. The Kier molecular flexibility index (Phi) is 4.80. The zero-order chi connectivity index (χ0) is 17.8. The van der Waals surface area contributed by atoms with E-state index in [1.165, 1.54) is 18.7 Å². The summed E-state index contributed by atoms with van der Waals surface area (Å²) in [4.78, 5) is 12.1. The van der Waals surface area contributed by atoms with Gasteiger partial charge in [-0.1, -0.05) is 6.07 Å². The van der Waals surface area contributed by atoms with Crippen molar-refractivity contribution in [3.8, 4) is 5.69 Å². The van der Waals surface area contributed by atoms with Crippen LogP contribution in [0.15, 0.2) is 55.1 Å². The first-order chi connectivity index (χ1) is 12.1. The lowest BCUT2D eigenvalue weighted by Crippen LogP contribution is -2.29. The van der Waals surface area contributed by atoms with Crippen LogP contribution in [0.2, 0.25) is 0 Å². The zero-order valence-electron chi connectivity index (χ0n) is 12.9. The van der Waals surface area contributed by atoms with Crippen molar-refractivity contribution in [2.24, 2.45) is 0 Å². The highest BCUT2D eigenvalue weighted by atomic mass is 19.1. The van der Waals surface area contributed by atoms with E-state index in [1.807, 2.05) is 0 Å². The summed E-state index contributed by atoms with van der Waals surface area (Å²) in [6, 6.07) is 9.87. The number of carbonyl (C=O) groups excluding carboxylic acids is 1. The molecule has 0 aliphatic heterocycles. The van der Waals surface area contributed by atoms with E-state index < -0.39 is 29.2 Å². The molecule has 2 N–H and O–H groups in total. The fraction of sp³-hybridized carbons (Fsp3) is 0.118. The summed E-state index contributed by atoms with van der Waals surface area (Å²) < 4.78 is 28.9. The summed E-state index contributed by atoms with van der Waals surface area (Å²) in [5, 5.41) is 19.8. The van der Waals surface area contributed by atoms with Gasteiger partial charge in [0.1, 0.15) is 30.4 Å². The average Bonchev–Trinajstić information content (AvgIpc) is 3.14. The van der Waals surface area contributed by atoms with Crippen molar-refractivity contribution >= 4 is 5.91 Å². The SMILES string of the molecule is O=C(NCC(O)c1c(F)cccc1F)c1ccc(-n2cnnc2)cc1. The lowest BCUT2D eigenvalue weighted by molar-refractivity contribution is 0.0911. The minimum absolute atomic E-state index is 0.316. The second kappa shape index (κ2) is 7.18. The molecule has 0 bridgehead atoms. The Hall–Kier alpha value is -3.13. The molecule has 0 aliphatic carbocycles. The molecule has 6 nitrogen and oxygen atoms in total. The zero-order valence-corrected chi connectivity index (χ0v) is 12.9. The first-order valence-corrected chi connectivity index (χ1v) is 7.41. The number of aliphatic hydroxyl groups is 1. The van der Waals surface area contributed by atoms with Crippen molar-refractivity contribution in [2.75, 3.05) is 6.54 Å². The summed E-state index contributed by atoms with van der Waals surface area (Å²) in [5.74, 6) is -2.19. The smallest absolute Gasteiger partial charge is 0.251 e. The van der Waals surface area contributed by atoms with Crippen molar-refractivity contribution in [3.63, 3.8) is 0 Å². The molecule has 1 amide bonds. The molecular weight excluding hydrogens is 330 g/mol. The Labute approximate surface area is 141 Å². The van der Waals surface area contributed by atoms with Crippen molar-refractivity contribution in [2.45, 2.75) is 6.10 Å². The molecule has 3 rings (SSSR count). The van der Waals surface area contributed by atoms with E-state index in [0.29, 0.717) is 5.56 Å². The van der Waals surface area contributed by atoms with Crippen LogP contribution in [-0.4, -0.2) is 32.3 Å². The third kappa shape index (κ3) is 3.69. The lowest BCUT2D eigenvalue weighted by atomic mass is 10.1. The number of nitrogens with one attached hydrogen (secondary N) is 1. The topological polar surface area (TPSA) is 80.0 Å². The van der Waals surface area contributed by atoms with Crippen LogP contribution in [0, 0.1) is 11.6 Å². The van der Waals surface area contributed by atoms with Gasteiger partial charge in [0.2, 0.25) is 0 Å². The standard InChI is InChI=1S/C17H14F2N4O2/c18-13-2-1-3-14(19)16(13)15(24)8-20-17(25)11-4-6-12(7-5-11)23-9-21-22-10-23/h1-7,9-10,15,24H,8H2,(H,20,25). The molecule has 8 heteroatoms. The second-order valence-corrected chi connectivity index (χ2v) is 5.28. The number of hydrogen-bond acceptors (Lipinski definition) is 4. The van der Waals surface area contributed by atoms with Crippen LogP contribution in [0.5, 0.6) is 0 Å². The van der Waals surface area contributed by atoms with Crippen LogP contribution >= 0.6 is 0 Å². The lowest BCUT2D eigenvalue weighted by Gasteiger charge is -2.14. The van der Waals surface area contributed by atoms with Crippen LogP contribution in [0.3, 0.4) is 0 Å². The monoisotopic (exact) mass is 344 g/mol. The van der Waals surface area contributed by atoms with Crippen molar-refractivity contribution in [3.05, 3.63) is 77.9 Å². The van der Waals surface area contributed by atoms with E-state index in [0.717, 1.165) is 17.8 Å². The number of benzene rings is 2. The third-order valence-electron chi connectivity index (χ3n) is 3.64. The van der Waals surface area contributed by atoms with Gasteiger partial charge in [-0.3, -0.25) is 9.36 Å². The maximum atomic E-state index is 13.6. The van der Waals surface area contributed by atoms with Crippen LogP contribution in [0.1, 0.15) is 22.0 Å². The molecule has 25 heavy (non-hydrogen) atoms.